The molecule has 2 aromatic rings. The Morgan fingerprint density at radius 2 is 1.37 bits per heavy atom. The molecular weight excluding hydrogens is 496 g/mol. The Bertz CT molecular complexity index is 814. The van der Waals surface area contributed by atoms with Crippen LogP contribution >= 0.6 is 25.5 Å². The van der Waals surface area contributed by atoms with Crippen LogP contribution in [0.1, 0.15) is 40.3 Å². The Hall–Kier alpha value is -0.177. The normalized spacial score (nSPS) is 11.7. The summed E-state index contributed by atoms with van der Waals surface area (Å²) in [4.78, 5) is 5.63. The second-order valence-corrected chi connectivity index (χ2v) is 18.1. The van der Waals surface area contributed by atoms with Crippen LogP contribution in [-0.4, -0.2) is 5.71 Å². The van der Waals surface area contributed by atoms with Gasteiger partial charge in [-0.15, -0.1) is 0 Å². The minimum absolute atomic E-state index is 0.854. The van der Waals surface area contributed by atoms with E-state index in [1.54, 1.807) is 0 Å². The van der Waals surface area contributed by atoms with E-state index < -0.39 is 18.2 Å². The van der Waals surface area contributed by atoms with Crippen LogP contribution in [0.2, 0.25) is 0 Å². The predicted octanol–water partition coefficient (Wildman–Crippen LogP) is 7.98. The molecule has 0 saturated carbocycles. The van der Waals surface area contributed by atoms with Crippen molar-refractivity contribution >= 4 is 54.5 Å². The van der Waals surface area contributed by atoms with Crippen LogP contribution < -0.4 is 0 Å². The quantitative estimate of drug-likeness (QED) is 0.296. The van der Waals surface area contributed by atoms with Gasteiger partial charge in [-0.3, -0.25) is 4.99 Å². The van der Waals surface area contributed by atoms with Crippen molar-refractivity contribution in [3.63, 3.8) is 0 Å². The molecule has 0 aliphatic heterocycles. The SMILES string of the molecule is CC(/C=C(\[S-])c1c(C)cc(C)cc1C)=Nc1c(C)cccc1C.[Cl][Zr]([Cl])[Cl]. The molecule has 2 rings (SSSR count). The first kappa shape index (κ1) is 24.9. The van der Waals surface area contributed by atoms with Crippen LogP contribution in [0.15, 0.2) is 41.4 Å². The second kappa shape index (κ2) is 11.7. The topological polar surface area (TPSA) is 12.4 Å². The third kappa shape index (κ3) is 8.38. The summed E-state index contributed by atoms with van der Waals surface area (Å²) in [5.41, 5.74) is 9.23. The van der Waals surface area contributed by atoms with Gasteiger partial charge in [0.15, 0.2) is 0 Å². The first-order chi connectivity index (χ1) is 12.5. The molecular formula is C21H24Cl3NSZr-. The van der Waals surface area contributed by atoms with Gasteiger partial charge < -0.3 is 12.6 Å². The fourth-order valence-corrected chi connectivity index (χ4v) is 3.51. The van der Waals surface area contributed by atoms with Crippen molar-refractivity contribution in [3.05, 3.63) is 69.8 Å². The van der Waals surface area contributed by atoms with Crippen molar-refractivity contribution in [1.29, 1.82) is 0 Å². The summed E-state index contributed by atoms with van der Waals surface area (Å²) in [7, 11) is 15.0. The van der Waals surface area contributed by atoms with E-state index >= 15 is 0 Å². The maximum absolute atomic E-state index is 5.66. The first-order valence-corrected chi connectivity index (χ1v) is 18.3. The van der Waals surface area contributed by atoms with E-state index in [4.69, 9.17) is 43.2 Å². The Morgan fingerprint density at radius 3 is 1.81 bits per heavy atom. The third-order valence-electron chi connectivity index (χ3n) is 3.99. The molecule has 0 N–H and O–H groups in total. The summed E-state index contributed by atoms with van der Waals surface area (Å²) in [6.45, 7) is 12.5. The molecule has 145 valence electrons. The number of nitrogens with zero attached hydrogens (tertiary/aromatic N) is 1. The van der Waals surface area contributed by atoms with Crippen molar-refractivity contribution < 1.29 is 18.2 Å². The number of benzene rings is 2. The molecule has 0 spiro atoms. The number of hydrogen-bond acceptors (Lipinski definition) is 2. The van der Waals surface area contributed by atoms with E-state index in [-0.39, 0.29) is 0 Å². The number of rotatable bonds is 3. The molecule has 0 aliphatic carbocycles. The van der Waals surface area contributed by atoms with Crippen LogP contribution in [0, 0.1) is 34.6 Å². The summed E-state index contributed by atoms with van der Waals surface area (Å²) in [5.74, 6) is 0. The van der Waals surface area contributed by atoms with E-state index in [2.05, 4.69) is 65.0 Å². The molecule has 27 heavy (non-hydrogen) atoms. The Morgan fingerprint density at radius 1 is 0.926 bits per heavy atom. The Kier molecular flexibility index (Phi) is 10.8. The summed E-state index contributed by atoms with van der Waals surface area (Å²) in [6.07, 6.45) is 2.01. The van der Waals surface area contributed by atoms with Crippen molar-refractivity contribution in [2.75, 3.05) is 0 Å². The molecule has 0 aliphatic rings. The van der Waals surface area contributed by atoms with Crippen molar-refractivity contribution in [1.82, 2.24) is 0 Å². The molecule has 0 unspecified atom stereocenters. The zero-order valence-electron chi connectivity index (χ0n) is 16.5. The van der Waals surface area contributed by atoms with Gasteiger partial charge in [0.2, 0.25) is 0 Å². The monoisotopic (exact) mass is 517 g/mol. The van der Waals surface area contributed by atoms with Crippen LogP contribution in [0.4, 0.5) is 5.69 Å². The zero-order valence-corrected chi connectivity index (χ0v) is 22.0. The van der Waals surface area contributed by atoms with Gasteiger partial charge in [0.1, 0.15) is 0 Å². The molecule has 0 fully saturated rings. The molecule has 6 heteroatoms. The van der Waals surface area contributed by atoms with E-state index in [9.17, 15) is 0 Å². The van der Waals surface area contributed by atoms with E-state index in [1.165, 1.54) is 27.8 Å². The number of para-hydroxylation sites is 1. The van der Waals surface area contributed by atoms with Gasteiger partial charge in [-0.05, 0) is 69.4 Å². The molecule has 0 atom stereocenters. The molecule has 0 aromatic heterocycles. The number of allylic oxidation sites excluding steroid dienone is 1. The number of halogens is 3. The fourth-order valence-electron chi connectivity index (χ4n) is 3.02. The van der Waals surface area contributed by atoms with E-state index in [1.807, 2.05) is 13.0 Å². The van der Waals surface area contributed by atoms with Gasteiger partial charge >= 0.3 is 43.7 Å². The summed E-state index contributed by atoms with van der Waals surface area (Å²) >= 11 is 3.53. The van der Waals surface area contributed by atoms with Crippen molar-refractivity contribution in [2.24, 2.45) is 4.99 Å². The Labute approximate surface area is 187 Å². The molecule has 2 aromatic carbocycles. The predicted molar refractivity (Wildman–Crippen MR) is 122 cm³/mol. The third-order valence-corrected chi connectivity index (χ3v) is 4.31. The molecule has 0 radical (unpaired) electrons. The second-order valence-electron chi connectivity index (χ2n) is 6.49. The molecule has 1 nitrogen and oxygen atoms in total. The van der Waals surface area contributed by atoms with Gasteiger partial charge in [-0.1, -0.05) is 42.0 Å². The maximum atomic E-state index is 5.66. The van der Waals surface area contributed by atoms with Crippen LogP contribution in [0.3, 0.4) is 0 Å². The summed E-state index contributed by atoms with van der Waals surface area (Å²) in [5, 5.41) is 0. The molecule has 0 amide bonds. The van der Waals surface area contributed by atoms with Crippen LogP contribution in [0.25, 0.3) is 4.91 Å². The van der Waals surface area contributed by atoms with Crippen LogP contribution in [-0.2, 0) is 30.8 Å². The summed E-state index contributed by atoms with van der Waals surface area (Å²) < 4.78 is 0. The van der Waals surface area contributed by atoms with Gasteiger partial charge in [0.05, 0.1) is 5.69 Å². The fraction of sp³-hybridized carbons (Fsp3) is 0.286. The van der Waals surface area contributed by atoms with Crippen molar-refractivity contribution in [3.8, 4) is 0 Å². The van der Waals surface area contributed by atoms with Crippen molar-refractivity contribution in [2.45, 2.75) is 41.5 Å². The average molecular weight is 520 g/mol. The van der Waals surface area contributed by atoms with E-state index in [0.717, 1.165) is 21.9 Å². The molecule has 0 bridgehead atoms. The zero-order chi connectivity index (χ0) is 20.7. The average Bonchev–Trinajstić information content (AvgIpc) is 2.49. The number of hydrogen-bond donors (Lipinski definition) is 0. The standard InChI is InChI=1S/C21H25NS.3ClH.Zr/c1-13-10-16(4)20(17(5)11-13)19(23)12-18(6)22-21-14(2)8-7-9-15(21)3;;;;/h7-12,23H,1-6H3;3*1H;/q;;;;+3/p-4/b19-12-,22-18?;;;;. The van der Waals surface area contributed by atoms with Crippen LogP contribution in [0.5, 0.6) is 0 Å². The molecule has 0 saturated heterocycles. The number of aryl methyl sites for hydroxylation is 5. The summed E-state index contributed by atoms with van der Waals surface area (Å²) in [6, 6.07) is 10.6. The molecule has 0 heterocycles. The first-order valence-electron chi connectivity index (χ1n) is 8.44. The number of aliphatic imine (C=N–C) groups is 1. The van der Waals surface area contributed by atoms with Gasteiger partial charge in [-0.25, -0.2) is 0 Å². The van der Waals surface area contributed by atoms with E-state index in [0.29, 0.717) is 0 Å². The van der Waals surface area contributed by atoms with Gasteiger partial charge in [0.25, 0.3) is 0 Å². The van der Waals surface area contributed by atoms with Gasteiger partial charge in [0, 0.05) is 5.71 Å². The minimum atomic E-state index is -2.13. The van der Waals surface area contributed by atoms with Gasteiger partial charge in [-0.2, -0.15) is 4.91 Å². The Balaban J connectivity index is 0.000000828.